The molecule has 104 valence electrons. The molecule has 1 aliphatic carbocycles. The summed E-state index contributed by atoms with van der Waals surface area (Å²) in [4.78, 5) is 2.77. The van der Waals surface area contributed by atoms with Crippen LogP contribution in [-0.2, 0) is 4.74 Å². The summed E-state index contributed by atoms with van der Waals surface area (Å²) in [6.45, 7) is 6.91. The highest BCUT2D eigenvalue weighted by Gasteiger charge is 2.42. The molecule has 0 amide bonds. The topological polar surface area (TPSA) is 24.5 Å². The molecule has 2 atom stereocenters. The van der Waals surface area contributed by atoms with E-state index < -0.39 is 0 Å². The van der Waals surface area contributed by atoms with Crippen LogP contribution in [0, 0.1) is 0 Å². The van der Waals surface area contributed by atoms with Crippen molar-refractivity contribution >= 4 is 0 Å². The van der Waals surface area contributed by atoms with Crippen LogP contribution in [0.25, 0.3) is 0 Å². The van der Waals surface area contributed by atoms with E-state index in [1.807, 2.05) is 0 Å². The Morgan fingerprint density at radius 2 is 2.06 bits per heavy atom. The summed E-state index contributed by atoms with van der Waals surface area (Å²) in [5.74, 6) is 0. The summed E-state index contributed by atoms with van der Waals surface area (Å²) in [6.07, 6.45) is 9.24. The van der Waals surface area contributed by atoms with E-state index in [1.54, 1.807) is 0 Å². The Labute approximate surface area is 111 Å². The van der Waals surface area contributed by atoms with Crippen molar-refractivity contribution in [2.45, 2.75) is 69.6 Å². The van der Waals surface area contributed by atoms with E-state index in [1.165, 1.54) is 64.6 Å². The molecule has 3 rings (SSSR count). The number of nitrogens with zero attached hydrogens (tertiary/aromatic N) is 1. The zero-order valence-corrected chi connectivity index (χ0v) is 11.8. The van der Waals surface area contributed by atoms with E-state index in [4.69, 9.17) is 4.74 Å². The predicted octanol–water partition coefficient (Wildman–Crippen LogP) is 2.16. The van der Waals surface area contributed by atoms with Crippen LogP contribution in [0.1, 0.15) is 51.9 Å². The van der Waals surface area contributed by atoms with E-state index in [9.17, 15) is 0 Å². The lowest BCUT2D eigenvalue weighted by atomic mass is 9.87. The lowest BCUT2D eigenvalue weighted by Gasteiger charge is -2.44. The molecule has 0 aromatic carbocycles. The van der Waals surface area contributed by atoms with Crippen molar-refractivity contribution in [3.63, 3.8) is 0 Å². The molecule has 2 heterocycles. The smallest absolute Gasteiger partial charge is 0.0697 e. The van der Waals surface area contributed by atoms with Crippen LogP contribution >= 0.6 is 0 Å². The van der Waals surface area contributed by atoms with Crippen LogP contribution in [-0.4, -0.2) is 48.8 Å². The van der Waals surface area contributed by atoms with Gasteiger partial charge in [-0.25, -0.2) is 0 Å². The van der Waals surface area contributed by atoms with E-state index in [0.29, 0.717) is 0 Å². The highest BCUT2D eigenvalue weighted by Crippen LogP contribution is 2.41. The van der Waals surface area contributed by atoms with Crippen molar-refractivity contribution in [1.29, 1.82) is 0 Å². The summed E-state index contributed by atoms with van der Waals surface area (Å²) in [5, 5.41) is 3.51. The Hall–Kier alpha value is -0.120. The van der Waals surface area contributed by atoms with Gasteiger partial charge in [0.1, 0.15) is 0 Å². The van der Waals surface area contributed by atoms with Crippen LogP contribution in [0.3, 0.4) is 0 Å². The zero-order valence-electron chi connectivity index (χ0n) is 11.8. The molecular formula is C15H28N2O. The molecule has 0 aromatic heterocycles. The van der Waals surface area contributed by atoms with Crippen molar-refractivity contribution in [3.05, 3.63) is 0 Å². The van der Waals surface area contributed by atoms with Crippen LogP contribution < -0.4 is 5.32 Å². The Bertz CT molecular complexity index is 270. The molecule has 3 aliphatic rings. The first kappa shape index (κ1) is 12.9. The number of hydrogen-bond donors (Lipinski definition) is 1. The first-order chi connectivity index (χ1) is 8.83. The second-order valence-electron chi connectivity index (χ2n) is 6.36. The van der Waals surface area contributed by atoms with E-state index in [2.05, 4.69) is 17.1 Å². The maximum absolute atomic E-state index is 6.17. The highest BCUT2D eigenvalue weighted by atomic mass is 16.5. The maximum atomic E-state index is 6.17. The van der Waals surface area contributed by atoms with Gasteiger partial charge in [-0.05, 0) is 45.2 Å². The van der Waals surface area contributed by atoms with Gasteiger partial charge in [-0.2, -0.15) is 0 Å². The van der Waals surface area contributed by atoms with E-state index in [0.717, 1.165) is 18.7 Å². The Morgan fingerprint density at radius 3 is 2.72 bits per heavy atom. The molecule has 2 saturated heterocycles. The molecule has 3 fully saturated rings. The van der Waals surface area contributed by atoms with Gasteiger partial charge in [0.25, 0.3) is 0 Å². The van der Waals surface area contributed by atoms with Gasteiger partial charge in [-0.15, -0.1) is 0 Å². The summed E-state index contributed by atoms with van der Waals surface area (Å²) in [7, 11) is 0. The third-order valence-corrected chi connectivity index (χ3v) is 5.32. The molecule has 3 heteroatoms. The zero-order chi connectivity index (χ0) is 12.4. The normalized spacial score (nSPS) is 35.7. The highest BCUT2D eigenvalue weighted by molar-refractivity contribution is 4.96. The summed E-state index contributed by atoms with van der Waals surface area (Å²) < 4.78 is 6.17. The van der Waals surface area contributed by atoms with Gasteiger partial charge in [0.05, 0.1) is 5.60 Å². The van der Waals surface area contributed by atoms with Gasteiger partial charge in [0, 0.05) is 25.2 Å². The predicted molar refractivity (Wildman–Crippen MR) is 73.8 cm³/mol. The second-order valence-corrected chi connectivity index (χ2v) is 6.36. The first-order valence-corrected chi connectivity index (χ1v) is 7.93. The first-order valence-electron chi connectivity index (χ1n) is 7.93. The van der Waals surface area contributed by atoms with Crippen LogP contribution in [0.4, 0.5) is 0 Å². The van der Waals surface area contributed by atoms with Gasteiger partial charge < -0.3 is 10.1 Å². The largest absolute Gasteiger partial charge is 0.375 e. The fourth-order valence-corrected chi connectivity index (χ4v) is 4.39. The molecule has 1 saturated carbocycles. The fourth-order valence-electron chi connectivity index (χ4n) is 4.39. The maximum Gasteiger partial charge on any atom is 0.0697 e. The SMILES string of the molecule is CCN(C1CCNC1)C1CCOC2(CCCC2)C1. The Kier molecular flexibility index (Phi) is 3.92. The van der Waals surface area contributed by atoms with Gasteiger partial charge in [0.2, 0.25) is 0 Å². The quantitative estimate of drug-likeness (QED) is 0.833. The molecule has 0 radical (unpaired) electrons. The molecule has 2 aliphatic heterocycles. The number of hydrogen-bond acceptors (Lipinski definition) is 3. The van der Waals surface area contributed by atoms with Crippen LogP contribution in [0.5, 0.6) is 0 Å². The number of nitrogens with one attached hydrogen (secondary N) is 1. The average Bonchev–Trinajstić information content (AvgIpc) is 3.03. The third-order valence-electron chi connectivity index (χ3n) is 5.32. The molecule has 3 nitrogen and oxygen atoms in total. The lowest BCUT2D eigenvalue weighted by molar-refractivity contribution is -0.105. The standard InChI is InChI=1S/C15H28N2O/c1-2-17(14-5-9-16-12-14)13-6-10-18-15(11-13)7-3-4-8-15/h13-14,16H,2-12H2,1H3. The number of rotatable bonds is 3. The molecule has 1 spiro atoms. The monoisotopic (exact) mass is 252 g/mol. The minimum atomic E-state index is 0.266. The van der Waals surface area contributed by atoms with Gasteiger partial charge >= 0.3 is 0 Å². The minimum absolute atomic E-state index is 0.266. The molecule has 18 heavy (non-hydrogen) atoms. The van der Waals surface area contributed by atoms with E-state index >= 15 is 0 Å². The van der Waals surface area contributed by atoms with Crippen molar-refractivity contribution in [3.8, 4) is 0 Å². The van der Waals surface area contributed by atoms with Gasteiger partial charge in [0.15, 0.2) is 0 Å². The van der Waals surface area contributed by atoms with Crippen molar-refractivity contribution in [2.24, 2.45) is 0 Å². The van der Waals surface area contributed by atoms with Crippen molar-refractivity contribution < 1.29 is 4.74 Å². The minimum Gasteiger partial charge on any atom is -0.375 e. The Balaban J connectivity index is 1.66. The lowest BCUT2D eigenvalue weighted by Crippen LogP contribution is -2.51. The summed E-state index contributed by atoms with van der Waals surface area (Å²) >= 11 is 0. The van der Waals surface area contributed by atoms with Crippen LogP contribution in [0.2, 0.25) is 0 Å². The molecular weight excluding hydrogens is 224 g/mol. The number of ether oxygens (including phenoxy) is 1. The summed E-state index contributed by atoms with van der Waals surface area (Å²) in [5.41, 5.74) is 0.266. The molecule has 0 bridgehead atoms. The average molecular weight is 252 g/mol. The van der Waals surface area contributed by atoms with Gasteiger partial charge in [-0.1, -0.05) is 19.8 Å². The van der Waals surface area contributed by atoms with Gasteiger partial charge in [-0.3, -0.25) is 4.90 Å². The fraction of sp³-hybridized carbons (Fsp3) is 1.00. The van der Waals surface area contributed by atoms with Crippen molar-refractivity contribution in [2.75, 3.05) is 26.2 Å². The van der Waals surface area contributed by atoms with E-state index in [-0.39, 0.29) is 5.60 Å². The Morgan fingerprint density at radius 1 is 1.22 bits per heavy atom. The summed E-state index contributed by atoms with van der Waals surface area (Å²) in [6, 6.07) is 1.54. The third kappa shape index (κ3) is 2.45. The molecule has 0 aromatic rings. The molecule has 2 unspecified atom stereocenters. The second kappa shape index (κ2) is 5.48. The van der Waals surface area contributed by atoms with Crippen molar-refractivity contribution in [1.82, 2.24) is 10.2 Å². The van der Waals surface area contributed by atoms with Crippen LogP contribution in [0.15, 0.2) is 0 Å². The number of likely N-dealkylation sites (N-methyl/N-ethyl adjacent to an activating group) is 1. The molecule has 1 N–H and O–H groups in total.